The van der Waals surface area contributed by atoms with Crippen LogP contribution in [0.4, 0.5) is 4.39 Å². The number of carbonyl (C=O) groups is 1. The van der Waals surface area contributed by atoms with Crippen molar-refractivity contribution < 1.29 is 18.8 Å². The van der Waals surface area contributed by atoms with E-state index in [0.717, 1.165) is 11.3 Å². The average Bonchev–Trinajstić information content (AvgIpc) is 2.85. The second-order valence-electron chi connectivity index (χ2n) is 6.40. The molecule has 1 amide bonds. The van der Waals surface area contributed by atoms with Gasteiger partial charge in [-0.25, -0.2) is 4.39 Å². The third kappa shape index (κ3) is 4.20. The fourth-order valence-corrected chi connectivity index (χ4v) is 2.83. The number of nitrogens with one attached hydrogen (secondary N) is 1. The minimum atomic E-state index is -1.27. The van der Waals surface area contributed by atoms with E-state index in [1.807, 2.05) is 20.8 Å². The summed E-state index contributed by atoms with van der Waals surface area (Å²) in [6.45, 7) is 7.23. The first-order chi connectivity index (χ1) is 11.2. The molecule has 0 aliphatic carbocycles. The summed E-state index contributed by atoms with van der Waals surface area (Å²) < 4.78 is 18.1. The number of amides is 1. The van der Waals surface area contributed by atoms with Crippen molar-refractivity contribution >= 4 is 5.91 Å². The maximum atomic E-state index is 13.0. The average molecular weight is 334 g/mol. The van der Waals surface area contributed by atoms with Crippen LogP contribution in [0.1, 0.15) is 48.8 Å². The SMILES string of the molecule is Cc1noc(C)c1C(C)CC(=O)NCC(C)(O)c1ccc(F)cc1. The Kier molecular flexibility index (Phi) is 5.39. The van der Waals surface area contributed by atoms with Gasteiger partial charge >= 0.3 is 0 Å². The largest absolute Gasteiger partial charge is 0.384 e. The van der Waals surface area contributed by atoms with Gasteiger partial charge < -0.3 is 14.9 Å². The van der Waals surface area contributed by atoms with Crippen LogP contribution in [0.25, 0.3) is 0 Å². The minimum Gasteiger partial charge on any atom is -0.384 e. The zero-order chi connectivity index (χ0) is 17.9. The molecule has 0 saturated heterocycles. The number of rotatable bonds is 6. The first kappa shape index (κ1) is 18.1. The van der Waals surface area contributed by atoms with Gasteiger partial charge in [-0.15, -0.1) is 0 Å². The Balaban J connectivity index is 1.94. The molecule has 0 saturated carbocycles. The summed E-state index contributed by atoms with van der Waals surface area (Å²) in [6.07, 6.45) is 0.266. The highest BCUT2D eigenvalue weighted by atomic mass is 19.1. The third-order valence-corrected chi connectivity index (χ3v) is 4.17. The normalized spacial score (nSPS) is 14.9. The molecule has 130 valence electrons. The summed E-state index contributed by atoms with van der Waals surface area (Å²) >= 11 is 0. The molecule has 0 aliphatic heterocycles. The van der Waals surface area contributed by atoms with Gasteiger partial charge in [-0.3, -0.25) is 4.79 Å². The van der Waals surface area contributed by atoms with Gasteiger partial charge in [-0.1, -0.05) is 24.2 Å². The molecular formula is C18H23FN2O3. The van der Waals surface area contributed by atoms with E-state index in [1.54, 1.807) is 6.92 Å². The summed E-state index contributed by atoms with van der Waals surface area (Å²) in [5, 5.41) is 17.1. The first-order valence-electron chi connectivity index (χ1n) is 7.88. The maximum Gasteiger partial charge on any atom is 0.220 e. The Hall–Kier alpha value is -2.21. The van der Waals surface area contributed by atoms with Crippen LogP contribution in [0, 0.1) is 19.7 Å². The Morgan fingerprint density at radius 3 is 2.54 bits per heavy atom. The van der Waals surface area contributed by atoms with E-state index >= 15 is 0 Å². The van der Waals surface area contributed by atoms with Gasteiger partial charge in [0.25, 0.3) is 0 Å². The highest BCUT2D eigenvalue weighted by molar-refractivity contribution is 5.77. The van der Waals surface area contributed by atoms with Crippen LogP contribution in [-0.4, -0.2) is 22.7 Å². The predicted molar refractivity (Wildman–Crippen MR) is 88.0 cm³/mol. The lowest BCUT2D eigenvalue weighted by atomic mass is 9.94. The summed E-state index contributed by atoms with van der Waals surface area (Å²) in [6, 6.07) is 5.58. The van der Waals surface area contributed by atoms with Gasteiger partial charge in [0.2, 0.25) is 5.91 Å². The number of aliphatic hydroxyl groups is 1. The van der Waals surface area contributed by atoms with Crippen molar-refractivity contribution in [2.45, 2.75) is 45.6 Å². The van der Waals surface area contributed by atoms with Crippen molar-refractivity contribution in [3.63, 3.8) is 0 Å². The molecule has 1 heterocycles. The van der Waals surface area contributed by atoms with Gasteiger partial charge in [0.15, 0.2) is 0 Å². The van der Waals surface area contributed by atoms with Crippen LogP contribution >= 0.6 is 0 Å². The lowest BCUT2D eigenvalue weighted by Gasteiger charge is -2.24. The molecule has 0 radical (unpaired) electrons. The minimum absolute atomic E-state index is 0.0352. The Labute approximate surface area is 140 Å². The van der Waals surface area contributed by atoms with Crippen molar-refractivity contribution in [3.05, 3.63) is 52.7 Å². The number of aromatic nitrogens is 1. The maximum absolute atomic E-state index is 13.0. The van der Waals surface area contributed by atoms with Crippen LogP contribution < -0.4 is 5.32 Å². The monoisotopic (exact) mass is 334 g/mol. The predicted octanol–water partition coefficient (Wildman–Crippen LogP) is 2.95. The lowest BCUT2D eigenvalue weighted by molar-refractivity contribution is -0.122. The molecule has 2 N–H and O–H groups in total. The van der Waals surface area contributed by atoms with Crippen LogP contribution in [0.3, 0.4) is 0 Å². The molecule has 0 spiro atoms. The molecule has 0 aliphatic rings. The molecule has 0 fully saturated rings. The van der Waals surface area contributed by atoms with Crippen LogP contribution in [0.15, 0.2) is 28.8 Å². The molecular weight excluding hydrogens is 311 g/mol. The quantitative estimate of drug-likeness (QED) is 0.852. The van der Waals surface area contributed by atoms with E-state index in [-0.39, 0.29) is 30.6 Å². The number of halogens is 1. The van der Waals surface area contributed by atoms with E-state index in [1.165, 1.54) is 24.3 Å². The van der Waals surface area contributed by atoms with Crippen molar-refractivity contribution in [1.29, 1.82) is 0 Å². The van der Waals surface area contributed by atoms with Gasteiger partial charge in [-0.2, -0.15) is 0 Å². The highest BCUT2D eigenvalue weighted by Crippen LogP contribution is 2.26. The molecule has 2 aromatic rings. The zero-order valence-corrected chi connectivity index (χ0v) is 14.4. The number of carbonyl (C=O) groups excluding carboxylic acids is 1. The molecule has 0 bridgehead atoms. The van der Waals surface area contributed by atoms with E-state index in [0.29, 0.717) is 11.3 Å². The summed E-state index contributed by atoms with van der Waals surface area (Å²) in [5.41, 5.74) is 1.000. The number of benzene rings is 1. The van der Waals surface area contributed by atoms with E-state index in [9.17, 15) is 14.3 Å². The number of hydrogen-bond donors (Lipinski definition) is 2. The summed E-state index contributed by atoms with van der Waals surface area (Å²) in [7, 11) is 0. The Morgan fingerprint density at radius 1 is 1.38 bits per heavy atom. The second kappa shape index (κ2) is 7.13. The zero-order valence-electron chi connectivity index (χ0n) is 14.4. The molecule has 1 aromatic carbocycles. The summed E-state index contributed by atoms with van der Waals surface area (Å²) in [5.74, 6) is 0.134. The van der Waals surface area contributed by atoms with Crippen LogP contribution in [0.5, 0.6) is 0 Å². The van der Waals surface area contributed by atoms with E-state index in [2.05, 4.69) is 10.5 Å². The molecule has 2 unspecified atom stereocenters. The lowest BCUT2D eigenvalue weighted by Crippen LogP contribution is -2.39. The van der Waals surface area contributed by atoms with Gasteiger partial charge in [-0.05, 0) is 44.4 Å². The third-order valence-electron chi connectivity index (χ3n) is 4.17. The Morgan fingerprint density at radius 2 is 2.00 bits per heavy atom. The second-order valence-corrected chi connectivity index (χ2v) is 6.40. The highest BCUT2D eigenvalue weighted by Gasteiger charge is 2.25. The summed E-state index contributed by atoms with van der Waals surface area (Å²) in [4.78, 5) is 12.2. The van der Waals surface area contributed by atoms with E-state index in [4.69, 9.17) is 4.52 Å². The standard InChI is InChI=1S/C18H23FN2O3/c1-11(17-12(2)21-24-13(17)3)9-16(22)20-10-18(4,23)14-5-7-15(19)8-6-14/h5-8,11,23H,9-10H2,1-4H3,(H,20,22). The van der Waals surface area contributed by atoms with Gasteiger partial charge in [0.05, 0.1) is 12.2 Å². The molecule has 2 rings (SSSR count). The van der Waals surface area contributed by atoms with Gasteiger partial charge in [0, 0.05) is 12.0 Å². The smallest absolute Gasteiger partial charge is 0.220 e. The van der Waals surface area contributed by atoms with Crippen molar-refractivity contribution in [2.75, 3.05) is 6.54 Å². The van der Waals surface area contributed by atoms with Crippen LogP contribution in [-0.2, 0) is 10.4 Å². The number of aryl methyl sites for hydroxylation is 2. The van der Waals surface area contributed by atoms with Crippen molar-refractivity contribution in [3.8, 4) is 0 Å². The fraction of sp³-hybridized carbons (Fsp3) is 0.444. The van der Waals surface area contributed by atoms with Gasteiger partial charge in [0.1, 0.15) is 17.2 Å². The molecule has 6 heteroatoms. The topological polar surface area (TPSA) is 75.4 Å². The molecule has 24 heavy (non-hydrogen) atoms. The number of hydrogen-bond acceptors (Lipinski definition) is 4. The first-order valence-corrected chi connectivity index (χ1v) is 7.88. The fourth-order valence-electron chi connectivity index (χ4n) is 2.83. The van der Waals surface area contributed by atoms with Crippen molar-refractivity contribution in [1.82, 2.24) is 10.5 Å². The van der Waals surface area contributed by atoms with Crippen LogP contribution in [0.2, 0.25) is 0 Å². The number of nitrogens with zero attached hydrogens (tertiary/aromatic N) is 1. The Bertz CT molecular complexity index is 688. The molecule has 5 nitrogen and oxygen atoms in total. The molecule has 1 aromatic heterocycles. The van der Waals surface area contributed by atoms with E-state index < -0.39 is 5.60 Å². The molecule has 2 atom stereocenters. The van der Waals surface area contributed by atoms with Crippen molar-refractivity contribution in [2.24, 2.45) is 0 Å².